The van der Waals surface area contributed by atoms with Gasteiger partial charge in [0, 0.05) is 24.9 Å². The molecule has 3 aliphatic rings. The fraction of sp³-hybridized carbons (Fsp3) is 0.391. The van der Waals surface area contributed by atoms with Gasteiger partial charge in [-0.15, -0.1) is 0 Å². The third-order valence-electron chi connectivity index (χ3n) is 6.68. The van der Waals surface area contributed by atoms with Gasteiger partial charge in [0.15, 0.2) is 9.84 Å². The molecule has 31 heavy (non-hydrogen) atoms. The Morgan fingerprint density at radius 2 is 1.81 bits per heavy atom. The van der Waals surface area contributed by atoms with Crippen LogP contribution in [0, 0.1) is 0 Å². The third-order valence-corrected chi connectivity index (χ3v) is 7.79. The van der Waals surface area contributed by atoms with Gasteiger partial charge in [0.25, 0.3) is 5.91 Å². The smallest absolute Gasteiger partial charge is 0.326 e. The molecule has 2 aromatic rings. The maximum absolute atomic E-state index is 13.4. The number of amides is 3. The SMILES string of the molecule is CS(=O)(=O)c1ccc2c(c1)CCCN2CN1C(=O)NC2(CCc3ccccc3C2)C1=O. The summed E-state index contributed by atoms with van der Waals surface area (Å²) in [5, 5.41) is 2.98. The lowest BCUT2D eigenvalue weighted by molar-refractivity contribution is -0.131. The lowest BCUT2D eigenvalue weighted by Gasteiger charge is -2.35. The van der Waals surface area contributed by atoms with Crippen molar-refractivity contribution in [2.45, 2.75) is 42.5 Å². The van der Waals surface area contributed by atoms with Crippen LogP contribution in [0.3, 0.4) is 0 Å². The van der Waals surface area contributed by atoms with Gasteiger partial charge in [0.05, 0.1) is 4.90 Å². The largest absolute Gasteiger partial charge is 0.353 e. The van der Waals surface area contributed by atoms with Crippen LogP contribution in [0.4, 0.5) is 10.5 Å². The van der Waals surface area contributed by atoms with E-state index in [0.717, 1.165) is 36.1 Å². The quantitative estimate of drug-likeness (QED) is 0.742. The Labute approximate surface area is 182 Å². The van der Waals surface area contributed by atoms with Gasteiger partial charge in [-0.25, -0.2) is 18.1 Å². The molecule has 1 atom stereocenters. The summed E-state index contributed by atoms with van der Waals surface area (Å²) in [6, 6.07) is 12.8. The number of sulfone groups is 1. The molecule has 1 spiro atoms. The zero-order valence-electron chi connectivity index (χ0n) is 17.4. The van der Waals surface area contributed by atoms with E-state index in [-0.39, 0.29) is 18.6 Å². The second-order valence-electron chi connectivity index (χ2n) is 8.76. The molecule has 1 N–H and O–H groups in total. The summed E-state index contributed by atoms with van der Waals surface area (Å²) in [6.07, 6.45) is 4.68. The highest BCUT2D eigenvalue weighted by Crippen LogP contribution is 2.35. The Bertz CT molecular complexity index is 1190. The molecule has 3 amide bonds. The standard InChI is InChI=1S/C23H25N3O4S/c1-31(29,30)19-8-9-20-17(13-19)7-4-12-25(20)15-26-21(27)23(24-22(26)28)11-10-16-5-2-3-6-18(16)14-23/h2-3,5-6,8-9,13H,4,7,10-12,14-15H2,1H3,(H,24,28). The van der Waals surface area contributed by atoms with Gasteiger partial charge in [-0.3, -0.25) is 4.79 Å². The van der Waals surface area contributed by atoms with Gasteiger partial charge < -0.3 is 10.2 Å². The highest BCUT2D eigenvalue weighted by atomic mass is 32.2. The molecule has 1 unspecified atom stereocenters. The summed E-state index contributed by atoms with van der Waals surface area (Å²) >= 11 is 0. The Balaban J connectivity index is 1.40. The molecule has 0 aromatic heterocycles. The predicted molar refractivity (Wildman–Crippen MR) is 117 cm³/mol. The monoisotopic (exact) mass is 439 g/mol. The van der Waals surface area contributed by atoms with Crippen molar-refractivity contribution in [2.24, 2.45) is 0 Å². The molecule has 0 radical (unpaired) electrons. The Hall–Kier alpha value is -2.87. The van der Waals surface area contributed by atoms with Crippen molar-refractivity contribution < 1.29 is 18.0 Å². The number of anilines is 1. The number of carbonyl (C=O) groups is 2. The van der Waals surface area contributed by atoms with Crippen LogP contribution in [0.2, 0.25) is 0 Å². The number of nitrogens with one attached hydrogen (secondary N) is 1. The molecule has 0 saturated carbocycles. The molecule has 8 heteroatoms. The van der Waals surface area contributed by atoms with E-state index < -0.39 is 15.4 Å². The number of imide groups is 1. The van der Waals surface area contributed by atoms with E-state index in [4.69, 9.17) is 0 Å². The molecule has 5 rings (SSSR count). The molecular weight excluding hydrogens is 414 g/mol. The summed E-state index contributed by atoms with van der Waals surface area (Å²) in [5.74, 6) is -0.174. The van der Waals surface area contributed by atoms with Crippen LogP contribution in [0.25, 0.3) is 0 Å². The van der Waals surface area contributed by atoms with Crippen LogP contribution >= 0.6 is 0 Å². The van der Waals surface area contributed by atoms with Crippen molar-refractivity contribution in [1.82, 2.24) is 10.2 Å². The molecule has 2 aromatic carbocycles. The van der Waals surface area contributed by atoms with Crippen LogP contribution in [0.1, 0.15) is 29.5 Å². The average Bonchev–Trinajstić information content (AvgIpc) is 2.96. The summed E-state index contributed by atoms with van der Waals surface area (Å²) in [5.41, 5.74) is 3.29. The summed E-state index contributed by atoms with van der Waals surface area (Å²) in [6.45, 7) is 0.872. The Morgan fingerprint density at radius 3 is 2.58 bits per heavy atom. The first-order chi connectivity index (χ1) is 14.8. The summed E-state index contributed by atoms with van der Waals surface area (Å²) < 4.78 is 23.8. The van der Waals surface area contributed by atoms with Crippen molar-refractivity contribution in [1.29, 1.82) is 0 Å². The van der Waals surface area contributed by atoms with Gasteiger partial charge in [0.1, 0.15) is 12.2 Å². The number of carbonyl (C=O) groups excluding carboxylic acids is 2. The predicted octanol–water partition coefficient (Wildman–Crippen LogP) is 2.28. The lowest BCUT2D eigenvalue weighted by Crippen LogP contribution is -2.52. The average molecular weight is 440 g/mol. The van der Waals surface area contributed by atoms with Crippen molar-refractivity contribution >= 4 is 27.5 Å². The number of rotatable bonds is 3. The van der Waals surface area contributed by atoms with Gasteiger partial charge in [-0.2, -0.15) is 0 Å². The maximum atomic E-state index is 13.4. The molecule has 1 fully saturated rings. The van der Waals surface area contributed by atoms with Crippen LogP contribution in [0.5, 0.6) is 0 Å². The van der Waals surface area contributed by atoms with Gasteiger partial charge in [-0.1, -0.05) is 24.3 Å². The number of hydrogen-bond donors (Lipinski definition) is 1. The van der Waals surface area contributed by atoms with Crippen LogP contribution in [-0.4, -0.2) is 50.3 Å². The number of hydrogen-bond acceptors (Lipinski definition) is 5. The first-order valence-corrected chi connectivity index (χ1v) is 12.4. The molecule has 2 heterocycles. The third kappa shape index (κ3) is 3.39. The molecule has 162 valence electrons. The highest BCUT2D eigenvalue weighted by Gasteiger charge is 2.52. The number of urea groups is 1. The number of fused-ring (bicyclic) bond motifs is 2. The zero-order chi connectivity index (χ0) is 21.8. The zero-order valence-corrected chi connectivity index (χ0v) is 18.2. The number of aryl methyl sites for hydroxylation is 2. The van der Waals surface area contributed by atoms with Crippen molar-refractivity contribution in [3.8, 4) is 0 Å². The van der Waals surface area contributed by atoms with Gasteiger partial charge in [0.2, 0.25) is 0 Å². The van der Waals surface area contributed by atoms with Crippen molar-refractivity contribution in [3.05, 3.63) is 59.2 Å². The second kappa shape index (κ2) is 7.09. The summed E-state index contributed by atoms with van der Waals surface area (Å²) in [4.78, 5) is 29.8. The van der Waals surface area contributed by atoms with Crippen molar-refractivity contribution in [2.75, 3.05) is 24.4 Å². The van der Waals surface area contributed by atoms with Crippen LogP contribution in [0.15, 0.2) is 47.4 Å². The van der Waals surface area contributed by atoms with Crippen LogP contribution < -0.4 is 10.2 Å². The minimum atomic E-state index is -3.28. The van der Waals surface area contributed by atoms with E-state index in [1.54, 1.807) is 18.2 Å². The van der Waals surface area contributed by atoms with E-state index in [0.29, 0.717) is 24.3 Å². The molecule has 7 nitrogen and oxygen atoms in total. The lowest BCUT2D eigenvalue weighted by atomic mass is 9.78. The van der Waals surface area contributed by atoms with Gasteiger partial charge in [-0.05, 0) is 60.6 Å². The molecule has 1 aliphatic carbocycles. The minimum Gasteiger partial charge on any atom is -0.353 e. The van der Waals surface area contributed by atoms with E-state index in [9.17, 15) is 18.0 Å². The van der Waals surface area contributed by atoms with E-state index in [2.05, 4.69) is 11.4 Å². The fourth-order valence-corrected chi connectivity index (χ4v) is 5.70. The van der Waals surface area contributed by atoms with Crippen LogP contribution in [-0.2, 0) is 33.9 Å². The topological polar surface area (TPSA) is 86.8 Å². The van der Waals surface area contributed by atoms with Crippen molar-refractivity contribution in [3.63, 3.8) is 0 Å². The maximum Gasteiger partial charge on any atom is 0.326 e. The molecule has 0 bridgehead atoms. The highest BCUT2D eigenvalue weighted by molar-refractivity contribution is 7.90. The first kappa shape index (κ1) is 20.1. The normalized spacial score (nSPS) is 23.0. The van der Waals surface area contributed by atoms with E-state index in [1.165, 1.54) is 16.7 Å². The molecular formula is C23H25N3O4S. The molecule has 1 saturated heterocycles. The van der Waals surface area contributed by atoms with E-state index >= 15 is 0 Å². The van der Waals surface area contributed by atoms with Gasteiger partial charge >= 0.3 is 6.03 Å². The second-order valence-corrected chi connectivity index (χ2v) is 10.8. The fourth-order valence-electron chi connectivity index (χ4n) is 5.03. The summed E-state index contributed by atoms with van der Waals surface area (Å²) in [7, 11) is -3.28. The Morgan fingerprint density at radius 1 is 1.03 bits per heavy atom. The minimum absolute atomic E-state index is 0.166. The Kier molecular flexibility index (Phi) is 4.58. The number of nitrogens with zero attached hydrogens (tertiary/aromatic N) is 2. The first-order valence-electron chi connectivity index (χ1n) is 10.6. The molecule has 2 aliphatic heterocycles. The number of benzene rings is 2. The van der Waals surface area contributed by atoms with E-state index in [1.807, 2.05) is 23.1 Å².